The summed E-state index contributed by atoms with van der Waals surface area (Å²) >= 11 is 0. The van der Waals surface area contributed by atoms with Crippen molar-refractivity contribution in [2.45, 2.75) is 91.4 Å². The molecule has 0 amide bonds. The third kappa shape index (κ3) is 4.09. The molecule has 0 radical (unpaired) electrons. The second kappa shape index (κ2) is 7.72. The summed E-state index contributed by atoms with van der Waals surface area (Å²) in [5.74, 6) is 2.91. The first kappa shape index (κ1) is 16.3. The van der Waals surface area contributed by atoms with Crippen LogP contribution < -0.4 is 0 Å². The zero-order valence-electron chi connectivity index (χ0n) is 13.7. The van der Waals surface area contributed by atoms with E-state index in [9.17, 15) is 0 Å². The van der Waals surface area contributed by atoms with Crippen LogP contribution in [0.15, 0.2) is 0 Å². The first-order valence-electron chi connectivity index (χ1n) is 8.14. The maximum absolute atomic E-state index is 4.95. The highest BCUT2D eigenvalue weighted by Gasteiger charge is 2.21. The molecule has 19 heavy (non-hydrogen) atoms. The summed E-state index contributed by atoms with van der Waals surface area (Å²) in [5, 5.41) is 0. The van der Waals surface area contributed by atoms with Crippen LogP contribution in [-0.4, -0.2) is 9.97 Å². The van der Waals surface area contributed by atoms with Gasteiger partial charge in [0.15, 0.2) is 0 Å². The van der Waals surface area contributed by atoms with Gasteiger partial charge in [-0.25, -0.2) is 4.98 Å². The van der Waals surface area contributed by atoms with Gasteiger partial charge >= 0.3 is 0 Å². The van der Waals surface area contributed by atoms with Crippen molar-refractivity contribution in [3.05, 3.63) is 17.2 Å². The maximum Gasteiger partial charge on any atom is 0.109 e. The molecule has 110 valence electrons. The molecule has 0 bridgehead atoms. The highest BCUT2D eigenvalue weighted by Crippen LogP contribution is 2.31. The van der Waals surface area contributed by atoms with Gasteiger partial charge in [-0.2, -0.15) is 0 Å². The molecule has 1 aromatic heterocycles. The number of hydrogen-bond donors (Lipinski definition) is 1. The Labute approximate surface area is 119 Å². The minimum atomic E-state index is 0.537. The zero-order valence-corrected chi connectivity index (χ0v) is 13.7. The highest BCUT2D eigenvalue weighted by molar-refractivity contribution is 5.23. The second-order valence-corrected chi connectivity index (χ2v) is 6.11. The van der Waals surface area contributed by atoms with Gasteiger partial charge in [-0.15, -0.1) is 0 Å². The zero-order chi connectivity index (χ0) is 14.4. The van der Waals surface area contributed by atoms with E-state index in [4.69, 9.17) is 4.98 Å². The smallest absolute Gasteiger partial charge is 0.109 e. The minimum Gasteiger partial charge on any atom is -0.345 e. The van der Waals surface area contributed by atoms with Crippen LogP contribution in [0.4, 0.5) is 0 Å². The largest absolute Gasteiger partial charge is 0.345 e. The van der Waals surface area contributed by atoms with Crippen LogP contribution in [0.3, 0.4) is 0 Å². The van der Waals surface area contributed by atoms with E-state index in [1.807, 2.05) is 0 Å². The van der Waals surface area contributed by atoms with Crippen molar-refractivity contribution in [3.8, 4) is 0 Å². The molecule has 1 rings (SSSR count). The van der Waals surface area contributed by atoms with Crippen molar-refractivity contribution in [1.29, 1.82) is 0 Å². The van der Waals surface area contributed by atoms with E-state index in [0.717, 1.165) is 6.42 Å². The SMILES string of the molecule is CCCC(C)c1nc(C(C)CC)[nH]c1C(C)CCC. The molecule has 0 saturated carbocycles. The van der Waals surface area contributed by atoms with Gasteiger partial charge in [0.2, 0.25) is 0 Å². The van der Waals surface area contributed by atoms with Crippen LogP contribution in [0.25, 0.3) is 0 Å². The third-order valence-corrected chi connectivity index (χ3v) is 4.26. The summed E-state index contributed by atoms with van der Waals surface area (Å²) in [5.41, 5.74) is 2.73. The maximum atomic E-state index is 4.95. The molecule has 2 nitrogen and oxygen atoms in total. The summed E-state index contributed by atoms with van der Waals surface area (Å²) in [6, 6.07) is 0. The average Bonchev–Trinajstić information content (AvgIpc) is 2.83. The number of imidazole rings is 1. The fourth-order valence-corrected chi connectivity index (χ4v) is 2.75. The Hall–Kier alpha value is -0.790. The Morgan fingerprint density at radius 3 is 2.00 bits per heavy atom. The summed E-state index contributed by atoms with van der Waals surface area (Å²) in [7, 11) is 0. The number of hydrogen-bond acceptors (Lipinski definition) is 1. The average molecular weight is 264 g/mol. The Morgan fingerprint density at radius 2 is 1.47 bits per heavy atom. The standard InChI is InChI=1S/C17H32N2/c1-7-10-13(5)15-16(14(6)11-8-2)19-17(18-15)12(4)9-3/h12-14H,7-11H2,1-6H3,(H,18,19). The van der Waals surface area contributed by atoms with Gasteiger partial charge < -0.3 is 4.98 Å². The topological polar surface area (TPSA) is 28.7 Å². The van der Waals surface area contributed by atoms with Crippen LogP contribution in [0.5, 0.6) is 0 Å². The van der Waals surface area contributed by atoms with Gasteiger partial charge in [-0.05, 0) is 25.2 Å². The molecule has 3 unspecified atom stereocenters. The summed E-state index contributed by atoms with van der Waals surface area (Å²) in [6.07, 6.45) is 6.09. The lowest BCUT2D eigenvalue weighted by atomic mass is 9.93. The van der Waals surface area contributed by atoms with Gasteiger partial charge in [-0.1, -0.05) is 54.4 Å². The molecule has 0 aromatic carbocycles. The lowest BCUT2D eigenvalue weighted by molar-refractivity contribution is 0.605. The molecule has 0 aliphatic rings. The first-order chi connectivity index (χ1) is 9.04. The van der Waals surface area contributed by atoms with E-state index in [2.05, 4.69) is 46.5 Å². The number of aromatic amines is 1. The van der Waals surface area contributed by atoms with E-state index < -0.39 is 0 Å². The van der Waals surface area contributed by atoms with Gasteiger partial charge in [0.25, 0.3) is 0 Å². The van der Waals surface area contributed by atoms with Crippen LogP contribution >= 0.6 is 0 Å². The predicted molar refractivity (Wildman–Crippen MR) is 83.9 cm³/mol. The molecule has 1 heterocycles. The van der Waals surface area contributed by atoms with E-state index in [1.54, 1.807) is 0 Å². The molecule has 3 atom stereocenters. The van der Waals surface area contributed by atoms with Crippen molar-refractivity contribution < 1.29 is 0 Å². The molecule has 0 aliphatic heterocycles. The number of nitrogens with zero attached hydrogens (tertiary/aromatic N) is 1. The molecular weight excluding hydrogens is 232 g/mol. The van der Waals surface area contributed by atoms with Gasteiger partial charge in [0.1, 0.15) is 5.82 Å². The Morgan fingerprint density at radius 1 is 0.895 bits per heavy atom. The number of H-pyrrole nitrogens is 1. The first-order valence-corrected chi connectivity index (χ1v) is 8.14. The van der Waals surface area contributed by atoms with Gasteiger partial charge in [0.05, 0.1) is 5.69 Å². The predicted octanol–water partition coefficient (Wildman–Crippen LogP) is 5.73. The second-order valence-electron chi connectivity index (χ2n) is 6.11. The van der Waals surface area contributed by atoms with Crippen LogP contribution in [0.1, 0.15) is 109 Å². The fourth-order valence-electron chi connectivity index (χ4n) is 2.75. The summed E-state index contributed by atoms with van der Waals surface area (Å²) in [6.45, 7) is 13.7. The third-order valence-electron chi connectivity index (χ3n) is 4.26. The van der Waals surface area contributed by atoms with Crippen molar-refractivity contribution in [2.75, 3.05) is 0 Å². The lowest BCUT2D eigenvalue weighted by Gasteiger charge is -2.14. The van der Waals surface area contributed by atoms with Crippen molar-refractivity contribution in [3.63, 3.8) is 0 Å². The van der Waals surface area contributed by atoms with Crippen molar-refractivity contribution in [1.82, 2.24) is 9.97 Å². The van der Waals surface area contributed by atoms with E-state index in [1.165, 1.54) is 42.9 Å². The normalized spacial score (nSPS) is 16.3. The summed E-state index contributed by atoms with van der Waals surface area (Å²) in [4.78, 5) is 8.59. The fraction of sp³-hybridized carbons (Fsp3) is 0.824. The molecule has 2 heteroatoms. The monoisotopic (exact) mass is 264 g/mol. The Balaban J connectivity index is 3.06. The van der Waals surface area contributed by atoms with E-state index in [-0.39, 0.29) is 0 Å². The number of rotatable bonds is 8. The van der Waals surface area contributed by atoms with Crippen LogP contribution in [0, 0.1) is 0 Å². The Bertz CT molecular complexity index is 338. The minimum absolute atomic E-state index is 0.537. The molecule has 0 spiro atoms. The molecular formula is C17H32N2. The van der Waals surface area contributed by atoms with Crippen molar-refractivity contribution >= 4 is 0 Å². The molecule has 1 aromatic rings. The molecule has 0 saturated heterocycles. The Kier molecular flexibility index (Phi) is 6.60. The van der Waals surface area contributed by atoms with Crippen LogP contribution in [0.2, 0.25) is 0 Å². The highest BCUT2D eigenvalue weighted by atomic mass is 15.0. The molecule has 1 N–H and O–H groups in total. The number of aromatic nitrogens is 2. The molecule has 0 aliphatic carbocycles. The van der Waals surface area contributed by atoms with Crippen LogP contribution in [-0.2, 0) is 0 Å². The van der Waals surface area contributed by atoms with Gasteiger partial charge in [-0.3, -0.25) is 0 Å². The lowest BCUT2D eigenvalue weighted by Crippen LogP contribution is -2.02. The quantitative estimate of drug-likeness (QED) is 0.638. The van der Waals surface area contributed by atoms with E-state index in [0.29, 0.717) is 17.8 Å². The number of nitrogens with one attached hydrogen (secondary N) is 1. The van der Waals surface area contributed by atoms with Crippen molar-refractivity contribution in [2.24, 2.45) is 0 Å². The summed E-state index contributed by atoms with van der Waals surface area (Å²) < 4.78 is 0. The van der Waals surface area contributed by atoms with E-state index >= 15 is 0 Å². The molecule has 0 fully saturated rings. The van der Waals surface area contributed by atoms with Gasteiger partial charge in [0, 0.05) is 17.5 Å².